The third-order valence-corrected chi connectivity index (χ3v) is 6.04. The number of hydrogen-bond acceptors (Lipinski definition) is 5. The molecule has 3 aromatic rings. The first-order chi connectivity index (χ1) is 18.7. The smallest absolute Gasteiger partial charge is 0.407 e. The fourth-order valence-corrected chi connectivity index (χ4v) is 3.83. The molecule has 0 bridgehead atoms. The Bertz CT molecular complexity index is 1220. The van der Waals surface area contributed by atoms with Crippen LogP contribution < -0.4 is 15.4 Å². The van der Waals surface area contributed by atoms with E-state index in [0.717, 1.165) is 17.5 Å². The van der Waals surface area contributed by atoms with Crippen molar-refractivity contribution in [1.29, 1.82) is 0 Å². The third-order valence-electron chi connectivity index (χ3n) is 6.04. The number of ether oxygens (including phenoxy) is 2. The van der Waals surface area contributed by atoms with Gasteiger partial charge in [-0.25, -0.2) is 4.79 Å². The average molecular weight is 541 g/mol. The Balaban J connectivity index is 1.61. The van der Waals surface area contributed by atoms with Crippen LogP contribution in [0.1, 0.15) is 44.2 Å². The highest BCUT2D eigenvalue weighted by atomic mass is 19.3. The standard InChI is InChI=1S/C30H34F2N2O5/c1-3-5-15-38-29(37)34-27(4-2)30(31,32)28(36)33-19-22-16-24(18-25(35)17-22)23-11-13-26(14-12-23)39-20-21-9-7-6-8-10-21/h6-14,16-18,27,35H,3-5,15,19-20H2,1-2H3,(H,33,36)(H,34,37). The molecule has 0 heterocycles. The molecule has 2 amide bonds. The van der Waals surface area contributed by atoms with Crippen LogP contribution in [0.25, 0.3) is 11.1 Å². The van der Waals surface area contributed by atoms with Gasteiger partial charge in [0.1, 0.15) is 24.1 Å². The number of alkyl halides is 2. The van der Waals surface area contributed by atoms with Crippen molar-refractivity contribution in [1.82, 2.24) is 10.6 Å². The second kappa shape index (κ2) is 14.1. The molecule has 0 radical (unpaired) electrons. The van der Waals surface area contributed by atoms with Gasteiger partial charge in [-0.05, 0) is 65.4 Å². The predicted octanol–water partition coefficient (Wildman–Crippen LogP) is 6.19. The number of carbonyl (C=O) groups excluding carboxylic acids is 2. The average Bonchev–Trinajstić information content (AvgIpc) is 2.94. The molecule has 0 aromatic heterocycles. The molecular weight excluding hydrogens is 506 g/mol. The summed E-state index contributed by atoms with van der Waals surface area (Å²) in [5, 5.41) is 14.5. The Morgan fingerprint density at radius 3 is 2.33 bits per heavy atom. The third kappa shape index (κ3) is 8.70. The van der Waals surface area contributed by atoms with E-state index >= 15 is 0 Å². The zero-order chi connectivity index (χ0) is 28.3. The van der Waals surface area contributed by atoms with Crippen molar-refractivity contribution in [3.8, 4) is 22.6 Å². The SMILES string of the molecule is CCCCOC(=O)NC(CC)C(F)(F)C(=O)NCc1cc(O)cc(-c2ccc(OCc3ccccc3)cc2)c1. The van der Waals surface area contributed by atoms with Gasteiger partial charge in [-0.3, -0.25) is 4.79 Å². The number of carbonyl (C=O) groups is 2. The van der Waals surface area contributed by atoms with E-state index in [4.69, 9.17) is 9.47 Å². The number of amides is 2. The molecule has 0 saturated heterocycles. The number of alkyl carbamates (subject to hydrolysis) is 1. The second-order valence-corrected chi connectivity index (χ2v) is 9.09. The van der Waals surface area contributed by atoms with Crippen LogP contribution in [0, 0.1) is 0 Å². The number of phenolic OH excluding ortho intramolecular Hbond substituents is 1. The highest BCUT2D eigenvalue weighted by Crippen LogP contribution is 2.28. The highest BCUT2D eigenvalue weighted by molar-refractivity contribution is 5.85. The molecule has 39 heavy (non-hydrogen) atoms. The number of phenols is 1. The quantitative estimate of drug-likeness (QED) is 0.225. The Morgan fingerprint density at radius 2 is 1.67 bits per heavy atom. The van der Waals surface area contributed by atoms with Crippen LogP contribution in [0.3, 0.4) is 0 Å². The first-order valence-corrected chi connectivity index (χ1v) is 12.9. The molecule has 3 rings (SSSR count). The Morgan fingerprint density at radius 1 is 0.949 bits per heavy atom. The van der Waals surface area contributed by atoms with Gasteiger partial charge in [0.2, 0.25) is 0 Å². The van der Waals surface area contributed by atoms with E-state index in [1.807, 2.05) is 49.4 Å². The van der Waals surface area contributed by atoms with E-state index in [1.165, 1.54) is 13.0 Å². The summed E-state index contributed by atoms with van der Waals surface area (Å²) in [6.07, 6.45) is 0.231. The molecule has 3 aromatic carbocycles. The number of benzene rings is 3. The molecule has 208 valence electrons. The number of nitrogens with one attached hydrogen (secondary N) is 2. The monoisotopic (exact) mass is 540 g/mol. The van der Waals surface area contributed by atoms with Crippen LogP contribution >= 0.6 is 0 Å². The first kappa shape index (κ1) is 29.4. The van der Waals surface area contributed by atoms with E-state index in [2.05, 4.69) is 10.6 Å². The number of hydrogen-bond donors (Lipinski definition) is 3. The summed E-state index contributed by atoms with van der Waals surface area (Å²) >= 11 is 0. The van der Waals surface area contributed by atoms with Gasteiger partial charge in [-0.2, -0.15) is 8.78 Å². The van der Waals surface area contributed by atoms with Crippen molar-refractivity contribution in [3.05, 3.63) is 83.9 Å². The molecule has 0 aliphatic rings. The lowest BCUT2D eigenvalue weighted by molar-refractivity contribution is -0.150. The lowest BCUT2D eigenvalue weighted by Gasteiger charge is -2.25. The largest absolute Gasteiger partial charge is 0.508 e. The summed E-state index contributed by atoms with van der Waals surface area (Å²) in [5.74, 6) is -4.80. The molecule has 1 unspecified atom stereocenters. The lowest BCUT2D eigenvalue weighted by atomic mass is 10.0. The van der Waals surface area contributed by atoms with Crippen molar-refractivity contribution in [2.24, 2.45) is 0 Å². The van der Waals surface area contributed by atoms with Crippen LogP contribution in [0.2, 0.25) is 0 Å². The second-order valence-electron chi connectivity index (χ2n) is 9.09. The van der Waals surface area contributed by atoms with Gasteiger partial charge >= 0.3 is 12.0 Å². The highest BCUT2D eigenvalue weighted by Gasteiger charge is 2.47. The summed E-state index contributed by atoms with van der Waals surface area (Å²) in [6, 6.07) is 19.9. The van der Waals surface area contributed by atoms with E-state index in [0.29, 0.717) is 29.9 Å². The normalized spacial score (nSPS) is 11.9. The summed E-state index contributed by atoms with van der Waals surface area (Å²) in [4.78, 5) is 24.2. The van der Waals surface area contributed by atoms with Gasteiger partial charge in [0.05, 0.1) is 6.61 Å². The fraction of sp³-hybridized carbons (Fsp3) is 0.333. The zero-order valence-electron chi connectivity index (χ0n) is 22.1. The maximum absolute atomic E-state index is 14.8. The minimum atomic E-state index is -3.87. The van der Waals surface area contributed by atoms with Crippen molar-refractivity contribution < 1.29 is 33.0 Å². The van der Waals surface area contributed by atoms with Gasteiger partial charge in [0.15, 0.2) is 0 Å². The molecular formula is C30H34F2N2O5. The lowest BCUT2D eigenvalue weighted by Crippen LogP contribution is -2.55. The van der Waals surface area contributed by atoms with Crippen LogP contribution in [-0.4, -0.2) is 35.7 Å². The van der Waals surface area contributed by atoms with Crippen molar-refractivity contribution in [2.45, 2.75) is 58.2 Å². The van der Waals surface area contributed by atoms with Crippen molar-refractivity contribution >= 4 is 12.0 Å². The van der Waals surface area contributed by atoms with Crippen molar-refractivity contribution in [3.63, 3.8) is 0 Å². The van der Waals surface area contributed by atoms with E-state index < -0.39 is 24.0 Å². The van der Waals surface area contributed by atoms with Gasteiger partial charge < -0.3 is 25.2 Å². The molecule has 0 spiro atoms. The summed E-state index contributed by atoms with van der Waals surface area (Å²) in [7, 11) is 0. The fourth-order valence-electron chi connectivity index (χ4n) is 3.83. The topological polar surface area (TPSA) is 96.9 Å². The molecule has 0 aliphatic carbocycles. The number of halogens is 2. The maximum atomic E-state index is 14.8. The van der Waals surface area contributed by atoms with Gasteiger partial charge in [-0.1, -0.05) is 62.7 Å². The van der Waals surface area contributed by atoms with Gasteiger partial charge in [-0.15, -0.1) is 0 Å². The summed E-state index contributed by atoms with van der Waals surface area (Å²) < 4.78 is 40.3. The van der Waals surface area contributed by atoms with E-state index in [9.17, 15) is 23.5 Å². The van der Waals surface area contributed by atoms with Gasteiger partial charge in [0, 0.05) is 6.54 Å². The summed E-state index contributed by atoms with van der Waals surface area (Å²) in [5.41, 5.74) is 2.88. The molecule has 9 heteroatoms. The molecule has 1 atom stereocenters. The van der Waals surface area contributed by atoms with Crippen LogP contribution in [0.4, 0.5) is 13.6 Å². The van der Waals surface area contributed by atoms with Crippen LogP contribution in [-0.2, 0) is 22.7 Å². The van der Waals surface area contributed by atoms with Crippen molar-refractivity contribution in [2.75, 3.05) is 6.61 Å². The minimum absolute atomic E-state index is 0.0733. The first-order valence-electron chi connectivity index (χ1n) is 12.9. The van der Waals surface area contributed by atoms with E-state index in [1.54, 1.807) is 24.3 Å². The molecule has 0 saturated carbocycles. The zero-order valence-corrected chi connectivity index (χ0v) is 22.1. The molecule has 7 nitrogen and oxygen atoms in total. The molecule has 3 N–H and O–H groups in total. The minimum Gasteiger partial charge on any atom is -0.508 e. The predicted molar refractivity (Wildman–Crippen MR) is 145 cm³/mol. The molecule has 0 fully saturated rings. The number of rotatable bonds is 13. The van der Waals surface area contributed by atoms with E-state index in [-0.39, 0.29) is 25.3 Å². The molecule has 0 aliphatic heterocycles. The summed E-state index contributed by atoms with van der Waals surface area (Å²) in [6.45, 7) is 3.64. The van der Waals surface area contributed by atoms with Crippen LogP contribution in [0.5, 0.6) is 11.5 Å². The number of unbranched alkanes of at least 4 members (excludes halogenated alkanes) is 1. The van der Waals surface area contributed by atoms with Crippen LogP contribution in [0.15, 0.2) is 72.8 Å². The Kier molecular flexibility index (Phi) is 10.7. The number of aromatic hydroxyl groups is 1. The maximum Gasteiger partial charge on any atom is 0.407 e. The Hall–Kier alpha value is -4.14. The Labute approximate surface area is 227 Å². The van der Waals surface area contributed by atoms with Gasteiger partial charge in [0.25, 0.3) is 5.91 Å².